The number of halogens is 4. The first-order valence-electron chi connectivity index (χ1n) is 12.5. The Balaban J connectivity index is 1.59. The van der Waals surface area contributed by atoms with Gasteiger partial charge in [0, 0.05) is 12.6 Å². The third kappa shape index (κ3) is 6.48. The van der Waals surface area contributed by atoms with E-state index in [0.29, 0.717) is 21.6 Å². The molecule has 16 heteroatoms. The van der Waals surface area contributed by atoms with E-state index in [1.807, 2.05) is 33.9 Å². The Labute approximate surface area is 241 Å². The Morgan fingerprint density at radius 3 is 2.58 bits per heavy atom. The molecule has 0 unspecified atom stereocenters. The number of aromatic nitrogens is 2. The predicted molar refractivity (Wildman–Crippen MR) is 148 cm³/mol. The number of hydrogen-bond acceptors (Lipinski definition) is 9. The molecule has 3 heterocycles. The maximum atomic E-state index is 16.0. The molecule has 2 aromatic rings. The zero-order chi connectivity index (χ0) is 29.7. The maximum absolute atomic E-state index is 16.0. The van der Waals surface area contributed by atoms with Crippen LogP contribution in [0.4, 0.5) is 14.6 Å². The number of benzene rings is 1. The highest BCUT2D eigenvalue weighted by molar-refractivity contribution is 7.48. The van der Waals surface area contributed by atoms with Gasteiger partial charge < -0.3 is 14.9 Å². The molecule has 2 fully saturated rings. The van der Waals surface area contributed by atoms with Crippen molar-refractivity contribution < 1.29 is 36.1 Å². The van der Waals surface area contributed by atoms with Crippen LogP contribution in [0, 0.1) is 0 Å². The van der Waals surface area contributed by atoms with Gasteiger partial charge in [0.25, 0.3) is 0 Å². The zero-order valence-corrected chi connectivity index (χ0v) is 26.0. The highest BCUT2D eigenvalue weighted by atomic mass is 35.5. The minimum absolute atomic E-state index is 0.0168. The Hall–Kier alpha value is -1.41. The van der Waals surface area contributed by atoms with E-state index in [0.717, 1.165) is 6.20 Å². The second kappa shape index (κ2) is 11.3. The molecule has 0 saturated carbocycles. The smallest absolute Gasteiger partial charge is 0.405 e. The summed E-state index contributed by atoms with van der Waals surface area (Å²) in [6.45, 7) is 8.70. The second-order valence-electron chi connectivity index (χ2n) is 11.2. The molecule has 0 bridgehead atoms. The first-order chi connectivity index (χ1) is 18.4. The largest absolute Gasteiger partial charge is 0.475 e. The van der Waals surface area contributed by atoms with E-state index in [1.165, 1.54) is 6.07 Å². The number of phosphoric acid groups is 1. The van der Waals surface area contributed by atoms with Crippen LogP contribution in [0.2, 0.25) is 28.2 Å². The lowest BCUT2D eigenvalue weighted by Crippen LogP contribution is -2.52. The normalized spacial score (nSPS) is 29.0. The van der Waals surface area contributed by atoms with Gasteiger partial charge in [-0.15, -0.1) is 0 Å². The Morgan fingerprint density at radius 2 is 1.95 bits per heavy atom. The van der Waals surface area contributed by atoms with Crippen LogP contribution in [0.15, 0.2) is 35.3 Å². The van der Waals surface area contributed by atoms with E-state index in [-0.39, 0.29) is 17.4 Å². The number of anilines is 1. The van der Waals surface area contributed by atoms with Crippen molar-refractivity contribution in [1.29, 1.82) is 0 Å². The van der Waals surface area contributed by atoms with Gasteiger partial charge in [0.05, 0.1) is 29.4 Å². The molecule has 0 aliphatic carbocycles. The standard InChI is InChI=1S/C24H32Cl2F2N3O7PSi/c1-23(2,3)40(4,5)38-20-18(36-21(24(20,27)28)31-10-8-19(29)30-22(31)32)13-35-39(33)34-11-9-17(37-39)14-6-7-15(25)16(26)12-14/h6-8,10,12,17-18,20-21H,9,11,13H2,1-5H3,(H2,29,30,32)/t17-,18-,20-,21-,39+/m1/s1. The fourth-order valence-corrected chi connectivity index (χ4v) is 7.03. The number of phosphoric ester groups is 1. The molecule has 0 radical (unpaired) electrons. The molecular formula is C24H32Cl2F2N3O7PSi. The minimum Gasteiger partial charge on any atom is -0.405 e. The van der Waals surface area contributed by atoms with Gasteiger partial charge >= 0.3 is 19.4 Å². The van der Waals surface area contributed by atoms with Crippen molar-refractivity contribution in [2.75, 3.05) is 18.9 Å². The summed E-state index contributed by atoms with van der Waals surface area (Å²) in [7, 11) is -7.02. The highest BCUT2D eigenvalue weighted by Gasteiger charge is 2.63. The van der Waals surface area contributed by atoms with Gasteiger partial charge in [0.2, 0.25) is 6.23 Å². The van der Waals surface area contributed by atoms with Crippen molar-refractivity contribution in [3.63, 3.8) is 0 Å². The first kappa shape index (κ1) is 31.5. The second-order valence-corrected chi connectivity index (χ2v) is 18.4. The monoisotopic (exact) mass is 641 g/mol. The summed E-state index contributed by atoms with van der Waals surface area (Å²) in [6, 6.07) is 6.03. The van der Waals surface area contributed by atoms with Gasteiger partial charge in [-0.2, -0.15) is 13.8 Å². The van der Waals surface area contributed by atoms with Gasteiger partial charge in [0.1, 0.15) is 18.0 Å². The van der Waals surface area contributed by atoms with E-state index in [4.69, 9.17) is 51.7 Å². The number of nitrogens with zero attached hydrogens (tertiary/aromatic N) is 2. The summed E-state index contributed by atoms with van der Waals surface area (Å²) in [5.74, 6) is -3.82. The number of nitrogens with two attached hydrogens (primary N) is 1. The number of alkyl halides is 2. The minimum atomic E-state index is -4.22. The van der Waals surface area contributed by atoms with Gasteiger partial charge in [-0.25, -0.2) is 9.36 Å². The summed E-state index contributed by atoms with van der Waals surface area (Å²) in [5, 5.41) is 0.200. The summed E-state index contributed by atoms with van der Waals surface area (Å²) >= 11 is 12.1. The molecule has 0 spiro atoms. The molecule has 1 aromatic heterocycles. The third-order valence-corrected chi connectivity index (χ3v) is 14.0. The number of rotatable bonds is 7. The van der Waals surface area contributed by atoms with E-state index in [2.05, 4.69) is 4.98 Å². The SMILES string of the molecule is CC(C)(C)[Si](C)(C)O[C@@H]1[C@@H](CO[P@]2(=O)OCC[C@H](c3ccc(Cl)c(Cl)c3)O2)O[C@@H](n2ccc(N)nc2=O)C1(F)F. The summed E-state index contributed by atoms with van der Waals surface area (Å²) in [5.41, 5.74) is 5.11. The van der Waals surface area contributed by atoms with Crippen molar-refractivity contribution in [2.24, 2.45) is 0 Å². The summed E-state index contributed by atoms with van der Waals surface area (Å²) in [6.07, 6.45) is -4.64. The van der Waals surface area contributed by atoms with E-state index >= 15 is 8.78 Å². The van der Waals surface area contributed by atoms with Crippen LogP contribution in [0.25, 0.3) is 0 Å². The van der Waals surface area contributed by atoms with E-state index in [9.17, 15) is 9.36 Å². The van der Waals surface area contributed by atoms with Crippen LogP contribution in [0.5, 0.6) is 0 Å². The fourth-order valence-electron chi connectivity index (χ4n) is 4.03. The molecule has 2 saturated heterocycles. The highest BCUT2D eigenvalue weighted by Crippen LogP contribution is 2.58. The molecule has 40 heavy (non-hydrogen) atoms. The first-order valence-corrected chi connectivity index (χ1v) is 17.6. The van der Waals surface area contributed by atoms with Crippen LogP contribution in [0.1, 0.15) is 45.1 Å². The fraction of sp³-hybridized carbons (Fsp3) is 0.583. The zero-order valence-electron chi connectivity index (χ0n) is 22.6. The van der Waals surface area contributed by atoms with Gasteiger partial charge in [-0.1, -0.05) is 50.0 Å². The molecule has 2 aliphatic heterocycles. The molecule has 4 rings (SSSR count). The Kier molecular flexibility index (Phi) is 8.94. The molecule has 1 aromatic carbocycles. The number of hydrogen-bond donors (Lipinski definition) is 1. The van der Waals surface area contributed by atoms with Crippen LogP contribution < -0.4 is 11.4 Å². The Morgan fingerprint density at radius 1 is 1.25 bits per heavy atom. The van der Waals surface area contributed by atoms with Crippen molar-refractivity contribution in [2.45, 2.75) is 75.8 Å². The molecule has 222 valence electrons. The van der Waals surface area contributed by atoms with Gasteiger partial charge in [-0.05, 0) is 41.9 Å². The summed E-state index contributed by atoms with van der Waals surface area (Å²) < 4.78 is 74.3. The predicted octanol–water partition coefficient (Wildman–Crippen LogP) is 6.36. The Bertz CT molecular complexity index is 1360. The van der Waals surface area contributed by atoms with Crippen molar-refractivity contribution in [3.05, 3.63) is 56.6 Å². The molecule has 0 amide bonds. The van der Waals surface area contributed by atoms with Crippen LogP contribution in [-0.2, 0) is 27.3 Å². The van der Waals surface area contributed by atoms with Crippen molar-refractivity contribution in [3.8, 4) is 0 Å². The van der Waals surface area contributed by atoms with Crippen molar-refractivity contribution in [1.82, 2.24) is 9.55 Å². The average Bonchev–Trinajstić information content (AvgIpc) is 3.08. The lowest BCUT2D eigenvalue weighted by Gasteiger charge is -2.40. The molecule has 10 nitrogen and oxygen atoms in total. The molecule has 2 aliphatic rings. The molecule has 5 atom stereocenters. The topological polar surface area (TPSA) is 124 Å². The lowest BCUT2D eigenvalue weighted by molar-refractivity contribution is -0.138. The maximum Gasteiger partial charge on any atom is 0.475 e. The van der Waals surface area contributed by atoms with Gasteiger partial charge in [0.15, 0.2) is 8.32 Å². The summed E-state index contributed by atoms with van der Waals surface area (Å²) in [4.78, 5) is 16.0. The number of nitrogen functional groups attached to an aromatic ring is 1. The lowest BCUT2D eigenvalue weighted by atomic mass is 10.1. The van der Waals surface area contributed by atoms with Crippen LogP contribution >= 0.6 is 31.0 Å². The quantitative estimate of drug-likeness (QED) is 0.272. The van der Waals surface area contributed by atoms with Crippen LogP contribution in [0.3, 0.4) is 0 Å². The molecular weight excluding hydrogens is 610 g/mol. The average molecular weight is 642 g/mol. The number of ether oxygens (including phenoxy) is 1. The van der Waals surface area contributed by atoms with Crippen LogP contribution in [-0.4, -0.2) is 49.2 Å². The molecule has 2 N–H and O–H groups in total. The third-order valence-electron chi connectivity index (χ3n) is 7.28. The van der Waals surface area contributed by atoms with E-state index in [1.54, 1.807) is 18.2 Å². The van der Waals surface area contributed by atoms with Crippen molar-refractivity contribution >= 4 is 45.2 Å². The van der Waals surface area contributed by atoms with Gasteiger partial charge in [-0.3, -0.25) is 18.1 Å². The van der Waals surface area contributed by atoms with E-state index < -0.39 is 63.9 Å².